The van der Waals surface area contributed by atoms with Crippen LogP contribution in [0.4, 0.5) is 4.79 Å². The number of nitrogens with one attached hydrogen (secondary N) is 2. The number of benzene rings is 1. The smallest absolute Gasteiger partial charge is 0.419 e. The van der Waals surface area contributed by atoms with Crippen LogP contribution >= 0.6 is 0 Å². The molecule has 2 amide bonds. The number of methoxy groups -OCH3 is 1. The van der Waals surface area contributed by atoms with Gasteiger partial charge < -0.3 is 14.5 Å². The van der Waals surface area contributed by atoms with Gasteiger partial charge in [0.15, 0.2) is 5.76 Å². The van der Waals surface area contributed by atoms with Crippen LogP contribution in [0.2, 0.25) is 0 Å². The Bertz CT molecular complexity index is 803. The zero-order valence-corrected chi connectivity index (χ0v) is 10.9. The Balaban J connectivity index is 2.02. The summed E-state index contributed by atoms with van der Waals surface area (Å²) in [5.74, 6) is -1.09. The van der Waals surface area contributed by atoms with Crippen LogP contribution in [0.25, 0.3) is 17.0 Å². The SMILES string of the molecule is COC(=O)c1ccc2c(/C=C3/OC(=O)NC3=O)c[nH]c2c1. The summed E-state index contributed by atoms with van der Waals surface area (Å²) in [6, 6.07) is 4.98. The summed E-state index contributed by atoms with van der Waals surface area (Å²) >= 11 is 0. The average Bonchev–Trinajstić information content (AvgIpc) is 3.01. The van der Waals surface area contributed by atoms with Crippen LogP contribution in [0.3, 0.4) is 0 Å². The van der Waals surface area contributed by atoms with E-state index in [4.69, 9.17) is 4.74 Å². The van der Waals surface area contributed by atoms with Crippen LogP contribution in [0, 0.1) is 0 Å². The van der Waals surface area contributed by atoms with Crippen LogP contribution < -0.4 is 5.32 Å². The second-order valence-corrected chi connectivity index (χ2v) is 4.35. The predicted molar refractivity (Wildman–Crippen MR) is 72.2 cm³/mol. The molecule has 2 aromatic rings. The summed E-state index contributed by atoms with van der Waals surface area (Å²) in [6.07, 6.45) is 2.31. The maximum absolute atomic E-state index is 11.5. The Morgan fingerprint density at radius 3 is 2.81 bits per heavy atom. The number of fused-ring (bicyclic) bond motifs is 1. The summed E-state index contributed by atoms with van der Waals surface area (Å²) in [5, 5.41) is 2.80. The van der Waals surface area contributed by atoms with Gasteiger partial charge in [-0.2, -0.15) is 0 Å². The third-order valence-corrected chi connectivity index (χ3v) is 3.06. The Morgan fingerprint density at radius 2 is 2.14 bits per heavy atom. The molecule has 2 heterocycles. The number of amides is 2. The van der Waals surface area contributed by atoms with Crippen molar-refractivity contribution in [1.29, 1.82) is 0 Å². The molecule has 1 fully saturated rings. The van der Waals surface area contributed by atoms with Gasteiger partial charge in [0.25, 0.3) is 5.91 Å². The maximum atomic E-state index is 11.5. The van der Waals surface area contributed by atoms with E-state index in [9.17, 15) is 14.4 Å². The number of aromatic nitrogens is 1. The second kappa shape index (κ2) is 4.78. The summed E-state index contributed by atoms with van der Waals surface area (Å²) < 4.78 is 9.40. The third-order valence-electron chi connectivity index (χ3n) is 3.06. The molecule has 1 saturated heterocycles. The van der Waals surface area contributed by atoms with Crippen LogP contribution in [0.5, 0.6) is 0 Å². The zero-order valence-electron chi connectivity index (χ0n) is 10.9. The van der Waals surface area contributed by atoms with Crippen molar-refractivity contribution in [3.8, 4) is 0 Å². The summed E-state index contributed by atoms with van der Waals surface area (Å²) in [4.78, 5) is 36.8. The molecule has 0 atom stereocenters. The van der Waals surface area contributed by atoms with Crippen molar-refractivity contribution >= 4 is 34.9 Å². The molecule has 0 saturated carbocycles. The largest absolute Gasteiger partial charge is 0.465 e. The fourth-order valence-corrected chi connectivity index (χ4v) is 2.08. The van der Waals surface area contributed by atoms with Crippen molar-refractivity contribution in [1.82, 2.24) is 10.3 Å². The number of rotatable bonds is 2. The van der Waals surface area contributed by atoms with E-state index in [1.807, 2.05) is 5.32 Å². The van der Waals surface area contributed by atoms with Crippen molar-refractivity contribution in [3.63, 3.8) is 0 Å². The van der Waals surface area contributed by atoms with Crippen LogP contribution in [-0.4, -0.2) is 30.1 Å². The lowest BCUT2D eigenvalue weighted by molar-refractivity contribution is -0.116. The van der Waals surface area contributed by atoms with Crippen LogP contribution in [0.1, 0.15) is 15.9 Å². The molecule has 0 bridgehead atoms. The Hall–Kier alpha value is -3.09. The lowest BCUT2D eigenvalue weighted by atomic mass is 10.1. The topological polar surface area (TPSA) is 97.5 Å². The fraction of sp³-hybridized carbons (Fsp3) is 0.0714. The minimum atomic E-state index is -0.793. The average molecular weight is 286 g/mol. The molecule has 1 aliphatic heterocycles. The highest BCUT2D eigenvalue weighted by Crippen LogP contribution is 2.23. The first-order chi connectivity index (χ1) is 10.1. The molecule has 7 nitrogen and oxygen atoms in total. The Kier molecular flexibility index (Phi) is 2.94. The van der Waals surface area contributed by atoms with Crippen LogP contribution in [-0.2, 0) is 14.3 Å². The molecule has 0 radical (unpaired) electrons. The van der Waals surface area contributed by atoms with Gasteiger partial charge in [0, 0.05) is 22.7 Å². The molecule has 0 aliphatic carbocycles. The number of cyclic esters (lactones) is 1. The van der Waals surface area contributed by atoms with Crippen molar-refractivity contribution in [2.45, 2.75) is 0 Å². The van der Waals surface area contributed by atoms with E-state index >= 15 is 0 Å². The molecule has 21 heavy (non-hydrogen) atoms. The molecule has 1 aliphatic rings. The van der Waals surface area contributed by atoms with Gasteiger partial charge in [-0.25, -0.2) is 9.59 Å². The number of carbonyl (C=O) groups excluding carboxylic acids is 3. The Labute approximate surface area is 118 Å². The first kappa shape index (κ1) is 12.9. The second-order valence-electron chi connectivity index (χ2n) is 4.35. The lowest BCUT2D eigenvalue weighted by Gasteiger charge is -1.99. The van der Waals surface area contributed by atoms with Gasteiger partial charge in [-0.15, -0.1) is 0 Å². The first-order valence-corrected chi connectivity index (χ1v) is 6.03. The van der Waals surface area contributed by atoms with Gasteiger partial charge in [-0.1, -0.05) is 6.07 Å². The molecule has 106 valence electrons. The van der Waals surface area contributed by atoms with Crippen molar-refractivity contribution in [2.24, 2.45) is 0 Å². The Morgan fingerprint density at radius 1 is 1.33 bits per heavy atom. The third kappa shape index (κ3) is 2.25. The number of imide groups is 1. The van der Waals surface area contributed by atoms with E-state index in [0.29, 0.717) is 16.6 Å². The van der Waals surface area contributed by atoms with Gasteiger partial charge in [0.05, 0.1) is 12.7 Å². The highest BCUT2D eigenvalue weighted by atomic mass is 16.6. The predicted octanol–water partition coefficient (Wildman–Crippen LogP) is 1.56. The highest BCUT2D eigenvalue weighted by molar-refractivity contribution is 6.10. The number of H-pyrrole nitrogens is 1. The molecular weight excluding hydrogens is 276 g/mol. The van der Waals surface area contributed by atoms with Gasteiger partial charge in [0.2, 0.25) is 0 Å². The van der Waals surface area contributed by atoms with Gasteiger partial charge in [-0.05, 0) is 18.2 Å². The normalized spacial score (nSPS) is 16.1. The van der Waals surface area contributed by atoms with E-state index in [1.165, 1.54) is 13.2 Å². The minimum absolute atomic E-state index is 0.0713. The van der Waals surface area contributed by atoms with Crippen molar-refractivity contribution < 1.29 is 23.9 Å². The van der Waals surface area contributed by atoms with Gasteiger partial charge >= 0.3 is 12.1 Å². The molecule has 0 spiro atoms. The lowest BCUT2D eigenvalue weighted by Crippen LogP contribution is -2.18. The molecule has 0 unspecified atom stereocenters. The molecule has 1 aromatic carbocycles. The number of alkyl carbamates (subject to hydrolysis) is 1. The monoisotopic (exact) mass is 286 g/mol. The summed E-state index contributed by atoms with van der Waals surface area (Å²) in [6.45, 7) is 0. The number of aromatic amines is 1. The summed E-state index contributed by atoms with van der Waals surface area (Å²) in [5.41, 5.74) is 1.78. The quantitative estimate of drug-likeness (QED) is 0.645. The number of ether oxygens (including phenoxy) is 2. The first-order valence-electron chi connectivity index (χ1n) is 6.03. The van der Waals surface area contributed by atoms with Crippen molar-refractivity contribution in [2.75, 3.05) is 7.11 Å². The van der Waals surface area contributed by atoms with E-state index < -0.39 is 18.0 Å². The number of carbonyl (C=O) groups is 3. The van der Waals surface area contributed by atoms with E-state index in [1.54, 1.807) is 24.4 Å². The molecule has 1 aromatic heterocycles. The maximum Gasteiger partial charge on any atom is 0.419 e. The van der Waals surface area contributed by atoms with E-state index in [2.05, 4.69) is 9.72 Å². The van der Waals surface area contributed by atoms with Crippen molar-refractivity contribution in [3.05, 3.63) is 41.3 Å². The van der Waals surface area contributed by atoms with Crippen LogP contribution in [0.15, 0.2) is 30.2 Å². The fourth-order valence-electron chi connectivity index (χ4n) is 2.08. The van der Waals surface area contributed by atoms with E-state index in [0.717, 1.165) is 5.39 Å². The minimum Gasteiger partial charge on any atom is -0.465 e. The molecule has 3 rings (SSSR count). The highest BCUT2D eigenvalue weighted by Gasteiger charge is 2.26. The van der Waals surface area contributed by atoms with Gasteiger partial charge in [-0.3, -0.25) is 10.1 Å². The molecule has 7 heteroatoms. The standard InChI is InChI=1S/C14H10N2O5/c1-20-13(18)7-2-3-9-8(6-15-10(9)4-7)5-11-12(17)16-14(19)21-11/h2-6,15H,1H3,(H,16,17,19)/b11-5+. The zero-order chi connectivity index (χ0) is 15.0. The number of hydrogen-bond donors (Lipinski definition) is 2. The molecule has 2 N–H and O–H groups in total. The number of esters is 1. The molecular formula is C14H10N2O5. The summed E-state index contributed by atoms with van der Waals surface area (Å²) in [7, 11) is 1.31. The van der Waals surface area contributed by atoms with Gasteiger partial charge in [0.1, 0.15) is 0 Å². The number of hydrogen-bond acceptors (Lipinski definition) is 5. The van der Waals surface area contributed by atoms with E-state index in [-0.39, 0.29) is 5.76 Å².